The fraction of sp³-hybridized carbons (Fsp3) is 0.667. The van der Waals surface area contributed by atoms with Crippen molar-refractivity contribution in [2.24, 2.45) is 5.41 Å². The van der Waals surface area contributed by atoms with Crippen LogP contribution in [0.15, 0.2) is 0 Å². The van der Waals surface area contributed by atoms with E-state index in [4.69, 9.17) is 15.1 Å². The van der Waals surface area contributed by atoms with E-state index in [-0.39, 0.29) is 12.6 Å². The number of aliphatic carboxylic acids is 2. The third-order valence-corrected chi connectivity index (χ3v) is 2.35. The predicted molar refractivity (Wildman–Crippen MR) is 42.7 cm³/mol. The first kappa shape index (κ1) is 12.0. The Morgan fingerprint density at radius 3 is 1.92 bits per heavy atom. The van der Waals surface area contributed by atoms with Crippen LogP contribution in [-0.4, -0.2) is 33.2 Å². The van der Waals surface area contributed by atoms with Gasteiger partial charge in [-0.25, -0.2) is 0 Å². The molecular weight excluding hydrogens is 199 g/mol. The van der Waals surface area contributed by atoms with E-state index in [1.165, 1.54) is 0 Å². The van der Waals surface area contributed by atoms with Gasteiger partial charge >= 0.3 is 20.0 Å². The summed E-state index contributed by atoms with van der Waals surface area (Å²) in [7, 11) is -2.49. The minimum absolute atomic E-state index is 0.329. The van der Waals surface area contributed by atoms with Crippen LogP contribution in [-0.2, 0) is 14.2 Å². The standard InChI is InChI=1S/C6H9O6P/c1-6(4(7)8,5(9)10)2-3-13(11)12/h2-3H2,1H3,(H2-,7,8,9,10,11,12)/p+1. The summed E-state index contributed by atoms with van der Waals surface area (Å²) in [6.45, 7) is 1.01. The maximum absolute atomic E-state index is 10.5. The maximum atomic E-state index is 10.5. The number of carbonyl (C=O) groups is 2. The van der Waals surface area contributed by atoms with Crippen molar-refractivity contribution in [1.82, 2.24) is 0 Å². The third kappa shape index (κ3) is 3.08. The van der Waals surface area contributed by atoms with Gasteiger partial charge in [0.25, 0.3) is 0 Å². The van der Waals surface area contributed by atoms with Crippen molar-refractivity contribution in [1.29, 1.82) is 0 Å². The molecule has 1 atom stereocenters. The molecule has 0 heterocycles. The fourth-order valence-electron chi connectivity index (χ4n) is 0.625. The highest BCUT2D eigenvalue weighted by Crippen LogP contribution is 2.27. The quantitative estimate of drug-likeness (QED) is 0.443. The average Bonchev–Trinajstić information content (AvgIpc) is 1.99. The van der Waals surface area contributed by atoms with E-state index in [9.17, 15) is 14.2 Å². The molecule has 0 aromatic rings. The largest absolute Gasteiger partial charge is 0.505 e. The zero-order valence-corrected chi connectivity index (χ0v) is 7.82. The maximum Gasteiger partial charge on any atom is 0.505 e. The van der Waals surface area contributed by atoms with E-state index in [2.05, 4.69) is 0 Å². The minimum atomic E-state index is -2.49. The summed E-state index contributed by atoms with van der Waals surface area (Å²) >= 11 is 0. The Hall–Kier alpha value is -1.00. The second-order valence-electron chi connectivity index (χ2n) is 2.77. The van der Waals surface area contributed by atoms with Gasteiger partial charge in [-0.3, -0.25) is 9.59 Å². The summed E-state index contributed by atoms with van der Waals surface area (Å²) in [6.07, 6.45) is -0.687. The number of carboxylic acid groups (broad SMARTS) is 2. The average molecular weight is 209 g/mol. The highest BCUT2D eigenvalue weighted by Gasteiger charge is 2.43. The van der Waals surface area contributed by atoms with Gasteiger partial charge in [0.1, 0.15) is 0 Å². The van der Waals surface area contributed by atoms with Gasteiger partial charge in [0.05, 0.1) is 0 Å². The zero-order chi connectivity index (χ0) is 10.6. The predicted octanol–water partition coefficient (Wildman–Crippen LogP) is 0.287. The molecule has 0 amide bonds. The van der Waals surface area contributed by atoms with Gasteiger partial charge in [0.2, 0.25) is 0 Å². The summed E-state index contributed by atoms with van der Waals surface area (Å²) in [5, 5.41) is 17.1. The summed E-state index contributed by atoms with van der Waals surface area (Å²) in [5.41, 5.74) is -1.98. The van der Waals surface area contributed by atoms with Crippen LogP contribution in [0.3, 0.4) is 0 Å². The second-order valence-corrected chi connectivity index (χ2v) is 3.92. The summed E-state index contributed by atoms with van der Waals surface area (Å²) in [6, 6.07) is 0. The van der Waals surface area contributed by atoms with E-state index in [1.54, 1.807) is 0 Å². The van der Waals surface area contributed by atoms with Gasteiger partial charge in [-0.1, -0.05) is 0 Å². The summed E-state index contributed by atoms with van der Waals surface area (Å²) < 4.78 is 10.3. The van der Waals surface area contributed by atoms with Crippen LogP contribution in [0.25, 0.3) is 0 Å². The first-order valence-corrected chi connectivity index (χ1v) is 4.81. The first-order valence-electron chi connectivity index (χ1n) is 3.41. The Balaban J connectivity index is 4.52. The van der Waals surface area contributed by atoms with E-state index in [1.807, 2.05) is 0 Å². The SMILES string of the molecule is CC(CC[P+](=O)O)(C(=O)O)C(=O)O. The van der Waals surface area contributed by atoms with Gasteiger partial charge < -0.3 is 10.2 Å². The molecule has 1 unspecified atom stereocenters. The van der Waals surface area contributed by atoms with Gasteiger partial charge in [0, 0.05) is 6.42 Å². The van der Waals surface area contributed by atoms with Crippen LogP contribution in [0.2, 0.25) is 0 Å². The molecule has 3 N–H and O–H groups in total. The topological polar surface area (TPSA) is 112 Å². The van der Waals surface area contributed by atoms with Crippen molar-refractivity contribution in [2.75, 3.05) is 6.16 Å². The van der Waals surface area contributed by atoms with Crippen molar-refractivity contribution in [2.45, 2.75) is 13.3 Å². The number of rotatable bonds is 5. The second kappa shape index (κ2) is 4.30. The van der Waals surface area contributed by atoms with Crippen molar-refractivity contribution in [3.05, 3.63) is 0 Å². The molecule has 0 aliphatic carbocycles. The molecule has 6 nitrogen and oxygen atoms in total. The molecule has 0 radical (unpaired) electrons. The molecule has 0 aromatic heterocycles. The van der Waals surface area contributed by atoms with Crippen LogP contribution in [0, 0.1) is 5.41 Å². The molecule has 0 saturated heterocycles. The zero-order valence-electron chi connectivity index (χ0n) is 6.93. The highest BCUT2D eigenvalue weighted by molar-refractivity contribution is 7.37. The van der Waals surface area contributed by atoms with Crippen LogP contribution in [0.5, 0.6) is 0 Å². The normalized spacial score (nSPS) is 12.3. The molecule has 0 aliphatic rings. The Kier molecular flexibility index (Phi) is 3.97. The van der Waals surface area contributed by atoms with Crippen molar-refractivity contribution >= 4 is 20.0 Å². The lowest BCUT2D eigenvalue weighted by atomic mass is 9.88. The van der Waals surface area contributed by atoms with Gasteiger partial charge in [-0.05, 0) is 11.5 Å². The molecule has 0 aromatic carbocycles. The molecule has 0 fully saturated rings. The van der Waals surface area contributed by atoms with E-state index >= 15 is 0 Å². The first-order chi connectivity index (χ1) is 5.80. The Labute approximate surface area is 75.1 Å². The van der Waals surface area contributed by atoms with E-state index in [0.29, 0.717) is 0 Å². The van der Waals surface area contributed by atoms with Gasteiger partial charge in [0.15, 0.2) is 11.6 Å². The summed E-state index contributed by atoms with van der Waals surface area (Å²) in [5.74, 6) is -3.01. The van der Waals surface area contributed by atoms with E-state index in [0.717, 1.165) is 6.92 Å². The smallest absolute Gasteiger partial charge is 0.480 e. The molecule has 0 spiro atoms. The lowest BCUT2D eigenvalue weighted by Gasteiger charge is -2.16. The highest BCUT2D eigenvalue weighted by atomic mass is 31.1. The Morgan fingerprint density at radius 2 is 1.69 bits per heavy atom. The third-order valence-electron chi connectivity index (χ3n) is 1.75. The van der Waals surface area contributed by atoms with Crippen molar-refractivity contribution in [3.63, 3.8) is 0 Å². The van der Waals surface area contributed by atoms with Gasteiger partial charge in [-0.15, -0.1) is 0 Å². The van der Waals surface area contributed by atoms with E-state index < -0.39 is 25.4 Å². The Morgan fingerprint density at radius 1 is 1.31 bits per heavy atom. The van der Waals surface area contributed by atoms with Crippen LogP contribution < -0.4 is 0 Å². The van der Waals surface area contributed by atoms with Crippen LogP contribution >= 0.6 is 8.03 Å². The monoisotopic (exact) mass is 209 g/mol. The van der Waals surface area contributed by atoms with Gasteiger partial charge in [-0.2, -0.15) is 4.89 Å². The molecule has 0 rings (SSSR count). The molecule has 0 bridgehead atoms. The number of carboxylic acids is 2. The van der Waals surface area contributed by atoms with Crippen molar-refractivity contribution in [3.8, 4) is 0 Å². The Bertz CT molecular complexity index is 234. The number of hydrogen-bond acceptors (Lipinski definition) is 3. The van der Waals surface area contributed by atoms with Crippen LogP contribution in [0.1, 0.15) is 13.3 Å². The molecular formula is C6H10O6P+. The summed E-state index contributed by atoms with van der Waals surface area (Å²) in [4.78, 5) is 29.4. The van der Waals surface area contributed by atoms with Crippen LogP contribution in [0.4, 0.5) is 0 Å². The minimum Gasteiger partial charge on any atom is -0.480 e. The molecule has 7 heteroatoms. The molecule has 0 aliphatic heterocycles. The molecule has 74 valence electrons. The lowest BCUT2D eigenvalue weighted by Crippen LogP contribution is -2.36. The molecule has 0 saturated carbocycles. The lowest BCUT2D eigenvalue weighted by molar-refractivity contribution is -0.163. The van der Waals surface area contributed by atoms with Crippen molar-refractivity contribution < 1.29 is 29.3 Å². The number of hydrogen-bond donors (Lipinski definition) is 3. The molecule has 13 heavy (non-hydrogen) atoms. The fourth-order valence-corrected chi connectivity index (χ4v) is 1.26.